The quantitative estimate of drug-likeness (QED) is 0.931. The third-order valence-electron chi connectivity index (χ3n) is 5.92. The minimum atomic E-state index is 0.655. The van der Waals surface area contributed by atoms with Crippen LogP contribution in [-0.2, 0) is 20.1 Å². The number of nitrogens with one attached hydrogen (secondary N) is 1. The minimum Gasteiger partial charge on any atom is -0.348 e. The summed E-state index contributed by atoms with van der Waals surface area (Å²) in [6.07, 6.45) is 6.54. The van der Waals surface area contributed by atoms with Crippen molar-refractivity contribution in [3.8, 4) is 0 Å². The molecule has 3 saturated heterocycles. The number of hydrogen-bond donors (Lipinski definition) is 1. The van der Waals surface area contributed by atoms with E-state index in [-0.39, 0.29) is 0 Å². The van der Waals surface area contributed by atoms with Crippen molar-refractivity contribution in [2.45, 2.75) is 45.8 Å². The standard InChI is InChI=1S/C18H28N6/c1-13-18(20-12-19-13)11-23-7-15-4-5-17(10-23)24(8-15)9-16-6-21-22(3)14(16)2/h6,12,15,17H,4-5,7-11H2,1-3H3,(H,19,20)/t15-,17+/m0/s1. The Bertz CT molecular complexity index is 702. The average molecular weight is 328 g/mol. The van der Waals surface area contributed by atoms with Gasteiger partial charge < -0.3 is 4.98 Å². The van der Waals surface area contributed by atoms with Crippen molar-refractivity contribution in [1.82, 2.24) is 29.5 Å². The average Bonchev–Trinajstić information content (AvgIpc) is 2.97. The summed E-state index contributed by atoms with van der Waals surface area (Å²) in [4.78, 5) is 13.0. The molecule has 0 unspecified atom stereocenters. The van der Waals surface area contributed by atoms with Crippen molar-refractivity contribution in [1.29, 1.82) is 0 Å². The molecule has 0 spiro atoms. The number of nitrogens with zero attached hydrogens (tertiary/aromatic N) is 5. The summed E-state index contributed by atoms with van der Waals surface area (Å²) in [6.45, 7) is 9.87. The summed E-state index contributed by atoms with van der Waals surface area (Å²) in [5, 5.41) is 4.41. The molecular weight excluding hydrogens is 300 g/mol. The Hall–Kier alpha value is -1.66. The number of H-pyrrole nitrogens is 1. The first-order valence-corrected chi connectivity index (χ1v) is 9.03. The van der Waals surface area contributed by atoms with Crippen molar-refractivity contribution < 1.29 is 0 Å². The van der Waals surface area contributed by atoms with Gasteiger partial charge in [-0.15, -0.1) is 0 Å². The summed E-state index contributed by atoms with van der Waals surface area (Å²) in [7, 11) is 2.03. The molecule has 0 radical (unpaired) electrons. The molecule has 130 valence electrons. The van der Waals surface area contributed by atoms with Crippen LogP contribution in [0.15, 0.2) is 12.5 Å². The van der Waals surface area contributed by atoms with Crippen molar-refractivity contribution >= 4 is 0 Å². The van der Waals surface area contributed by atoms with E-state index in [1.54, 1.807) is 0 Å². The lowest BCUT2D eigenvalue weighted by atomic mass is 9.94. The van der Waals surface area contributed by atoms with Crippen LogP contribution in [0.1, 0.15) is 35.5 Å². The lowest BCUT2D eigenvalue weighted by Gasteiger charge is -2.36. The maximum Gasteiger partial charge on any atom is 0.0925 e. The van der Waals surface area contributed by atoms with Crippen molar-refractivity contribution in [2.75, 3.05) is 19.6 Å². The zero-order valence-electron chi connectivity index (χ0n) is 15.0. The van der Waals surface area contributed by atoms with Crippen LogP contribution in [0.4, 0.5) is 0 Å². The van der Waals surface area contributed by atoms with Gasteiger partial charge in [0.1, 0.15) is 0 Å². The molecule has 0 aliphatic carbocycles. The smallest absolute Gasteiger partial charge is 0.0925 e. The fraction of sp³-hybridized carbons (Fsp3) is 0.667. The Kier molecular flexibility index (Phi) is 4.18. The van der Waals surface area contributed by atoms with Crippen LogP contribution < -0.4 is 0 Å². The van der Waals surface area contributed by atoms with E-state index in [9.17, 15) is 0 Å². The highest BCUT2D eigenvalue weighted by Crippen LogP contribution is 2.30. The van der Waals surface area contributed by atoms with E-state index in [2.05, 4.69) is 38.7 Å². The zero-order chi connectivity index (χ0) is 16.7. The predicted octanol–water partition coefficient (Wildman–Crippen LogP) is 1.86. The number of piperidine rings is 1. The molecular formula is C18H28N6. The van der Waals surface area contributed by atoms with Gasteiger partial charge in [-0.1, -0.05) is 0 Å². The van der Waals surface area contributed by atoms with Crippen molar-refractivity contribution in [3.63, 3.8) is 0 Å². The molecule has 5 rings (SSSR count). The number of imidazole rings is 1. The number of fused-ring (bicyclic) bond motifs is 4. The van der Waals surface area contributed by atoms with Gasteiger partial charge in [-0.2, -0.15) is 5.10 Å². The van der Waals surface area contributed by atoms with Crippen molar-refractivity contribution in [3.05, 3.63) is 35.2 Å². The topological polar surface area (TPSA) is 53.0 Å². The van der Waals surface area contributed by atoms with Gasteiger partial charge in [-0.05, 0) is 32.6 Å². The highest BCUT2D eigenvalue weighted by Gasteiger charge is 2.35. The minimum absolute atomic E-state index is 0.655. The summed E-state index contributed by atoms with van der Waals surface area (Å²) >= 11 is 0. The Labute approximate surface area is 143 Å². The van der Waals surface area contributed by atoms with Crippen LogP contribution in [0.3, 0.4) is 0 Å². The van der Waals surface area contributed by atoms with E-state index in [1.807, 2.05) is 24.3 Å². The van der Waals surface area contributed by atoms with Crippen LogP contribution in [0.2, 0.25) is 0 Å². The molecule has 3 aliphatic rings. The second kappa shape index (κ2) is 6.33. The zero-order valence-corrected chi connectivity index (χ0v) is 15.0. The van der Waals surface area contributed by atoms with E-state index < -0.39 is 0 Å². The van der Waals surface area contributed by atoms with Gasteiger partial charge in [-0.25, -0.2) is 4.98 Å². The van der Waals surface area contributed by atoms with Crippen LogP contribution in [0.5, 0.6) is 0 Å². The van der Waals surface area contributed by atoms with Gasteiger partial charge in [0, 0.05) is 62.8 Å². The summed E-state index contributed by atoms with van der Waals surface area (Å²) < 4.78 is 1.98. The predicted molar refractivity (Wildman–Crippen MR) is 93.5 cm³/mol. The lowest BCUT2D eigenvalue weighted by Crippen LogP contribution is -2.43. The molecule has 2 bridgehead atoms. The Morgan fingerprint density at radius 1 is 1.17 bits per heavy atom. The van der Waals surface area contributed by atoms with Crippen LogP contribution >= 0.6 is 0 Å². The van der Waals surface area contributed by atoms with Crippen LogP contribution in [0, 0.1) is 19.8 Å². The second-order valence-electron chi connectivity index (χ2n) is 7.57. The summed E-state index contributed by atoms with van der Waals surface area (Å²) in [6, 6.07) is 0.655. The first-order valence-electron chi connectivity index (χ1n) is 9.03. The Morgan fingerprint density at radius 3 is 2.75 bits per heavy atom. The van der Waals surface area contributed by atoms with Gasteiger partial charge in [0.15, 0.2) is 0 Å². The molecule has 0 amide bonds. The molecule has 0 saturated carbocycles. The maximum absolute atomic E-state index is 4.49. The fourth-order valence-electron chi connectivity index (χ4n) is 4.28. The molecule has 2 aromatic rings. The molecule has 24 heavy (non-hydrogen) atoms. The number of hydrogen-bond acceptors (Lipinski definition) is 4. The number of aryl methyl sites for hydroxylation is 2. The molecule has 0 aromatic carbocycles. The molecule has 5 heterocycles. The van der Waals surface area contributed by atoms with E-state index in [4.69, 9.17) is 0 Å². The first kappa shape index (κ1) is 15.8. The van der Waals surface area contributed by atoms with E-state index >= 15 is 0 Å². The first-order chi connectivity index (χ1) is 11.6. The molecule has 2 aromatic heterocycles. The number of aromatic nitrogens is 4. The van der Waals surface area contributed by atoms with Gasteiger partial charge in [0.25, 0.3) is 0 Å². The number of aromatic amines is 1. The molecule has 6 nitrogen and oxygen atoms in total. The molecule has 3 fully saturated rings. The molecule has 2 atom stereocenters. The summed E-state index contributed by atoms with van der Waals surface area (Å²) in [5.74, 6) is 0.778. The SMILES string of the molecule is Cc1[nH]cnc1CN1C[C@@H]2CC[C@H](C1)N(Cc1cnn(C)c1C)C2. The fourth-order valence-corrected chi connectivity index (χ4v) is 4.28. The van der Waals surface area contributed by atoms with E-state index in [1.165, 1.54) is 48.6 Å². The van der Waals surface area contributed by atoms with E-state index in [0.717, 1.165) is 25.6 Å². The highest BCUT2D eigenvalue weighted by molar-refractivity contribution is 5.16. The second-order valence-corrected chi connectivity index (χ2v) is 7.57. The third-order valence-corrected chi connectivity index (χ3v) is 5.92. The van der Waals surface area contributed by atoms with Gasteiger partial charge in [0.05, 0.1) is 18.2 Å². The molecule has 3 aliphatic heterocycles. The Balaban J connectivity index is 1.46. The molecule has 6 heteroatoms. The monoisotopic (exact) mass is 328 g/mol. The maximum atomic E-state index is 4.49. The van der Waals surface area contributed by atoms with Crippen molar-refractivity contribution in [2.24, 2.45) is 13.0 Å². The normalized spacial score (nSPS) is 25.3. The van der Waals surface area contributed by atoms with Crippen LogP contribution in [-0.4, -0.2) is 55.2 Å². The van der Waals surface area contributed by atoms with Gasteiger partial charge in [-0.3, -0.25) is 14.5 Å². The Morgan fingerprint density at radius 2 is 2.04 bits per heavy atom. The summed E-state index contributed by atoms with van der Waals surface area (Å²) in [5.41, 5.74) is 5.07. The van der Waals surface area contributed by atoms with E-state index in [0.29, 0.717) is 6.04 Å². The van der Waals surface area contributed by atoms with Gasteiger partial charge >= 0.3 is 0 Å². The van der Waals surface area contributed by atoms with Gasteiger partial charge in [0.2, 0.25) is 0 Å². The van der Waals surface area contributed by atoms with Crippen LogP contribution in [0.25, 0.3) is 0 Å². The third kappa shape index (κ3) is 3.00. The highest BCUT2D eigenvalue weighted by atomic mass is 15.3. The number of rotatable bonds is 4. The lowest BCUT2D eigenvalue weighted by molar-refractivity contribution is 0.123. The molecule has 1 N–H and O–H groups in total. The largest absolute Gasteiger partial charge is 0.348 e.